The fourth-order valence-electron chi connectivity index (χ4n) is 5.73. The second-order valence-electron chi connectivity index (χ2n) is 14.9. The molecule has 0 heterocycles. The molecule has 0 fully saturated rings. The molecule has 1 N–H and O–H groups in total. The van der Waals surface area contributed by atoms with Gasteiger partial charge in [-0.05, 0) is 40.0 Å². The van der Waals surface area contributed by atoms with Crippen LogP contribution in [0.1, 0.15) is 202 Å². The zero-order chi connectivity index (χ0) is 34.9. The van der Waals surface area contributed by atoms with Crippen LogP contribution in [-0.4, -0.2) is 63.3 Å². The maximum atomic E-state index is 13.4. The molecule has 0 rings (SSSR count). The lowest BCUT2D eigenvalue weighted by Gasteiger charge is -2.33. The highest BCUT2D eigenvalue weighted by molar-refractivity contribution is 5.85. The monoisotopic (exact) mass is 670 g/mol. The highest BCUT2D eigenvalue weighted by Crippen LogP contribution is 2.20. The van der Waals surface area contributed by atoms with Crippen molar-refractivity contribution in [1.82, 2.24) is 5.32 Å². The lowest BCUT2D eigenvalue weighted by atomic mass is 10.0. The third-order valence-corrected chi connectivity index (χ3v) is 9.70. The number of rotatable bonds is 37. The van der Waals surface area contributed by atoms with Gasteiger partial charge >= 0.3 is 0 Å². The molecule has 6 heteroatoms. The second-order valence-corrected chi connectivity index (χ2v) is 14.9. The van der Waals surface area contributed by atoms with Crippen LogP contribution in [0.15, 0.2) is 0 Å². The maximum Gasteiger partial charge on any atom is 0.252 e. The fourth-order valence-corrected chi connectivity index (χ4v) is 5.73. The zero-order valence-electron chi connectivity index (χ0n) is 32.8. The van der Waals surface area contributed by atoms with Gasteiger partial charge in [-0.3, -0.25) is 4.79 Å². The second kappa shape index (κ2) is 32.5. The van der Waals surface area contributed by atoms with Crippen molar-refractivity contribution in [2.75, 3.05) is 40.1 Å². The van der Waals surface area contributed by atoms with E-state index in [4.69, 9.17) is 18.9 Å². The predicted octanol–water partition coefficient (Wildman–Crippen LogP) is 11.5. The van der Waals surface area contributed by atoms with Crippen molar-refractivity contribution in [3.05, 3.63) is 0 Å². The molecule has 47 heavy (non-hydrogen) atoms. The number of carbonyl (C=O) groups excluding carboxylic acids is 1. The minimum atomic E-state index is -0.931. The van der Waals surface area contributed by atoms with Gasteiger partial charge in [0.25, 0.3) is 5.91 Å². The quantitative estimate of drug-likeness (QED) is 0.0667. The summed E-state index contributed by atoms with van der Waals surface area (Å²) in [6.07, 6.45) is 32.5. The molecule has 282 valence electrons. The highest BCUT2D eigenvalue weighted by Gasteiger charge is 2.35. The molecule has 0 aromatic carbocycles. The summed E-state index contributed by atoms with van der Waals surface area (Å²) < 4.78 is 23.8. The van der Waals surface area contributed by atoms with E-state index in [1.54, 1.807) is 7.11 Å². The van der Waals surface area contributed by atoms with Crippen LogP contribution in [0.5, 0.6) is 0 Å². The molecular formula is C41H83NO5. The number of hydrogen-bond donors (Lipinski definition) is 1. The average Bonchev–Trinajstić information content (AvgIpc) is 3.07. The number of hydrogen-bond acceptors (Lipinski definition) is 5. The largest absolute Gasteiger partial charge is 0.379 e. The predicted molar refractivity (Wildman–Crippen MR) is 201 cm³/mol. The Kier molecular flexibility index (Phi) is 32.0. The van der Waals surface area contributed by atoms with Gasteiger partial charge in [0.15, 0.2) is 0 Å². The van der Waals surface area contributed by atoms with Crippen molar-refractivity contribution in [2.45, 2.75) is 219 Å². The van der Waals surface area contributed by atoms with E-state index in [9.17, 15) is 4.79 Å². The van der Waals surface area contributed by atoms with Gasteiger partial charge in [0, 0.05) is 20.3 Å². The molecule has 1 atom stereocenters. The van der Waals surface area contributed by atoms with Crippen LogP contribution in [0.3, 0.4) is 0 Å². The van der Waals surface area contributed by atoms with Crippen LogP contribution in [0.25, 0.3) is 0 Å². The van der Waals surface area contributed by atoms with Gasteiger partial charge in [0.1, 0.15) is 5.60 Å². The summed E-state index contributed by atoms with van der Waals surface area (Å²) in [5, 5.41) is 3.20. The summed E-state index contributed by atoms with van der Waals surface area (Å²) in [5.74, 6) is -0.111. The topological polar surface area (TPSA) is 66.0 Å². The Morgan fingerprint density at radius 3 is 1.21 bits per heavy atom. The SMILES string of the molecule is CCCCCCCCCCCCCCOCC(COCCCCCCCCCCCCCC)NC(=O)C(C)(CC)OCC(C)(C)OC. The summed E-state index contributed by atoms with van der Waals surface area (Å²) in [5.41, 5.74) is -1.39. The van der Waals surface area contributed by atoms with Gasteiger partial charge in [-0.2, -0.15) is 0 Å². The van der Waals surface area contributed by atoms with Crippen LogP contribution in [0, 0.1) is 0 Å². The minimum absolute atomic E-state index is 0.111. The van der Waals surface area contributed by atoms with Crippen molar-refractivity contribution in [2.24, 2.45) is 0 Å². The lowest BCUT2D eigenvalue weighted by Crippen LogP contribution is -2.53. The van der Waals surface area contributed by atoms with Crippen LogP contribution < -0.4 is 5.32 Å². The molecular weight excluding hydrogens is 586 g/mol. The molecule has 0 spiro atoms. The summed E-state index contributed by atoms with van der Waals surface area (Å²) in [7, 11) is 1.67. The van der Waals surface area contributed by atoms with E-state index in [1.165, 1.54) is 141 Å². The van der Waals surface area contributed by atoms with Crippen LogP contribution in [0.4, 0.5) is 0 Å². The molecule has 1 unspecified atom stereocenters. The molecule has 0 aromatic rings. The van der Waals surface area contributed by atoms with E-state index in [0.29, 0.717) is 26.2 Å². The first-order valence-corrected chi connectivity index (χ1v) is 20.4. The highest BCUT2D eigenvalue weighted by atomic mass is 16.5. The first-order chi connectivity index (χ1) is 22.7. The number of carbonyl (C=O) groups is 1. The third kappa shape index (κ3) is 28.8. The van der Waals surface area contributed by atoms with Crippen LogP contribution in [-0.2, 0) is 23.7 Å². The van der Waals surface area contributed by atoms with Gasteiger partial charge in [0.05, 0.1) is 31.5 Å². The van der Waals surface area contributed by atoms with E-state index in [0.717, 1.165) is 26.1 Å². The summed E-state index contributed by atoms with van der Waals surface area (Å²) in [4.78, 5) is 13.4. The van der Waals surface area contributed by atoms with Gasteiger partial charge in [0.2, 0.25) is 0 Å². The standard InChI is InChI=1S/C41H83NO5/c1-8-11-13-15-17-19-21-23-25-27-29-31-33-45-35-38(42-39(43)41(6,10-3)47-37-40(4,5)44-7)36-46-34-32-30-28-26-24-22-20-18-16-14-12-9-2/h38H,8-37H2,1-7H3,(H,42,43). The van der Waals surface area contributed by atoms with E-state index < -0.39 is 11.2 Å². The zero-order valence-corrected chi connectivity index (χ0v) is 32.8. The Morgan fingerprint density at radius 2 is 0.894 bits per heavy atom. The first kappa shape index (κ1) is 46.3. The third-order valence-electron chi connectivity index (χ3n) is 9.70. The molecule has 0 saturated heterocycles. The van der Waals surface area contributed by atoms with Gasteiger partial charge < -0.3 is 24.3 Å². The van der Waals surface area contributed by atoms with E-state index >= 15 is 0 Å². The molecule has 0 radical (unpaired) electrons. The Bertz CT molecular complexity index is 640. The number of amides is 1. The molecule has 0 saturated carbocycles. The Hall–Kier alpha value is -0.690. The molecule has 0 aliphatic rings. The Labute approximate surface area is 294 Å². The molecule has 6 nitrogen and oxygen atoms in total. The fraction of sp³-hybridized carbons (Fsp3) is 0.976. The van der Waals surface area contributed by atoms with Gasteiger partial charge in [-0.15, -0.1) is 0 Å². The summed E-state index contributed by atoms with van der Waals surface area (Å²) in [6, 6.07) is -0.193. The smallest absolute Gasteiger partial charge is 0.252 e. The molecule has 0 bridgehead atoms. The number of unbranched alkanes of at least 4 members (excludes halogenated alkanes) is 22. The molecule has 0 aliphatic heterocycles. The van der Waals surface area contributed by atoms with E-state index in [1.807, 2.05) is 27.7 Å². The number of nitrogens with one attached hydrogen (secondary N) is 1. The molecule has 0 aromatic heterocycles. The van der Waals surface area contributed by atoms with Crippen molar-refractivity contribution >= 4 is 5.91 Å². The first-order valence-electron chi connectivity index (χ1n) is 20.4. The summed E-state index contributed by atoms with van der Waals surface area (Å²) >= 11 is 0. The van der Waals surface area contributed by atoms with E-state index in [-0.39, 0.29) is 11.9 Å². The lowest BCUT2D eigenvalue weighted by molar-refractivity contribution is -0.158. The molecule has 1 amide bonds. The summed E-state index contributed by atoms with van der Waals surface area (Å²) in [6.45, 7) is 15.1. The normalized spacial score (nSPS) is 13.4. The van der Waals surface area contributed by atoms with Crippen LogP contribution >= 0.6 is 0 Å². The van der Waals surface area contributed by atoms with Crippen molar-refractivity contribution in [1.29, 1.82) is 0 Å². The number of ether oxygens (including phenoxy) is 4. The molecule has 0 aliphatic carbocycles. The van der Waals surface area contributed by atoms with Gasteiger partial charge in [-0.1, -0.05) is 162 Å². The Morgan fingerprint density at radius 1 is 0.553 bits per heavy atom. The van der Waals surface area contributed by atoms with E-state index in [2.05, 4.69) is 19.2 Å². The Balaban J connectivity index is 4.40. The van der Waals surface area contributed by atoms with Gasteiger partial charge in [-0.25, -0.2) is 0 Å². The van der Waals surface area contributed by atoms with Crippen molar-refractivity contribution < 1.29 is 23.7 Å². The van der Waals surface area contributed by atoms with Crippen molar-refractivity contribution in [3.63, 3.8) is 0 Å². The maximum absolute atomic E-state index is 13.4. The minimum Gasteiger partial charge on any atom is -0.379 e. The van der Waals surface area contributed by atoms with Crippen LogP contribution in [0.2, 0.25) is 0 Å². The average molecular weight is 670 g/mol. The van der Waals surface area contributed by atoms with Crippen molar-refractivity contribution in [3.8, 4) is 0 Å². The number of methoxy groups -OCH3 is 1.